The minimum absolute atomic E-state index is 0.182. The zero-order chi connectivity index (χ0) is 21.4. The Morgan fingerprint density at radius 3 is 2.77 bits per heavy atom. The van der Waals surface area contributed by atoms with Gasteiger partial charge in [-0.15, -0.1) is 0 Å². The molecule has 0 radical (unpaired) electrons. The standard InChI is InChI=1S/C21H20Cl2N6O/c1-12(2)29-20-15(10-25-29)9-16(13(3)26-20)21(30)27-18-7-8-24-28(18)11-14-5-4-6-17(22)19(14)23/h4-10,12H,11H2,1-3H3,(H,27,30). The van der Waals surface area contributed by atoms with Crippen LogP contribution in [0.15, 0.2) is 42.7 Å². The van der Waals surface area contributed by atoms with Crippen LogP contribution in [0.25, 0.3) is 11.0 Å². The molecule has 0 aliphatic rings. The summed E-state index contributed by atoms with van der Waals surface area (Å²) in [6.45, 7) is 6.27. The van der Waals surface area contributed by atoms with Crippen LogP contribution >= 0.6 is 23.2 Å². The van der Waals surface area contributed by atoms with Gasteiger partial charge in [-0.1, -0.05) is 35.3 Å². The van der Waals surface area contributed by atoms with E-state index < -0.39 is 0 Å². The maximum Gasteiger partial charge on any atom is 0.258 e. The molecule has 0 aliphatic carbocycles. The highest BCUT2D eigenvalue weighted by Gasteiger charge is 2.17. The first-order valence-electron chi connectivity index (χ1n) is 9.46. The number of anilines is 1. The predicted molar refractivity (Wildman–Crippen MR) is 118 cm³/mol. The molecule has 0 atom stereocenters. The number of amides is 1. The fraction of sp³-hybridized carbons (Fsp3) is 0.238. The molecule has 4 rings (SSSR count). The summed E-state index contributed by atoms with van der Waals surface area (Å²) >= 11 is 12.4. The Kier molecular flexibility index (Phi) is 5.49. The van der Waals surface area contributed by atoms with Gasteiger partial charge < -0.3 is 5.32 Å². The number of aryl methyl sites for hydroxylation is 1. The van der Waals surface area contributed by atoms with E-state index in [1.54, 1.807) is 29.2 Å². The first-order valence-corrected chi connectivity index (χ1v) is 10.2. The molecule has 3 heterocycles. The van der Waals surface area contributed by atoms with Crippen LogP contribution in [0, 0.1) is 6.92 Å². The normalized spacial score (nSPS) is 11.4. The van der Waals surface area contributed by atoms with Crippen molar-refractivity contribution >= 4 is 46.0 Å². The molecule has 154 valence electrons. The number of hydrogen-bond acceptors (Lipinski definition) is 4. The van der Waals surface area contributed by atoms with Crippen molar-refractivity contribution in [1.82, 2.24) is 24.5 Å². The lowest BCUT2D eigenvalue weighted by molar-refractivity contribution is 0.102. The fourth-order valence-electron chi connectivity index (χ4n) is 3.25. The Labute approximate surface area is 183 Å². The van der Waals surface area contributed by atoms with Crippen LogP contribution in [-0.4, -0.2) is 30.5 Å². The van der Waals surface area contributed by atoms with Gasteiger partial charge in [0.25, 0.3) is 5.91 Å². The third kappa shape index (κ3) is 3.78. The summed E-state index contributed by atoms with van der Waals surface area (Å²) in [7, 11) is 0. The smallest absolute Gasteiger partial charge is 0.258 e. The molecule has 1 amide bonds. The van der Waals surface area contributed by atoms with E-state index in [-0.39, 0.29) is 11.9 Å². The zero-order valence-corrected chi connectivity index (χ0v) is 18.2. The summed E-state index contributed by atoms with van der Waals surface area (Å²) in [5.41, 5.74) is 2.69. The van der Waals surface area contributed by atoms with Crippen molar-refractivity contribution in [2.75, 3.05) is 5.32 Å². The second kappa shape index (κ2) is 8.08. The highest BCUT2D eigenvalue weighted by molar-refractivity contribution is 6.42. The second-order valence-corrected chi connectivity index (χ2v) is 8.04. The molecule has 0 fully saturated rings. The molecule has 3 aromatic heterocycles. The van der Waals surface area contributed by atoms with E-state index in [4.69, 9.17) is 23.2 Å². The van der Waals surface area contributed by atoms with Crippen LogP contribution in [0.1, 0.15) is 41.5 Å². The van der Waals surface area contributed by atoms with Gasteiger partial charge in [0.05, 0.1) is 40.2 Å². The number of carbonyl (C=O) groups is 1. The second-order valence-electron chi connectivity index (χ2n) is 7.26. The maximum absolute atomic E-state index is 13.0. The number of nitrogens with one attached hydrogen (secondary N) is 1. The first kappa shape index (κ1) is 20.4. The highest BCUT2D eigenvalue weighted by atomic mass is 35.5. The van der Waals surface area contributed by atoms with Gasteiger partial charge >= 0.3 is 0 Å². The van der Waals surface area contributed by atoms with Crippen LogP contribution in [0.2, 0.25) is 10.0 Å². The van der Waals surface area contributed by atoms with E-state index in [1.807, 2.05) is 43.7 Å². The van der Waals surface area contributed by atoms with Gasteiger partial charge in [0, 0.05) is 17.5 Å². The molecule has 1 N–H and O–H groups in total. The zero-order valence-electron chi connectivity index (χ0n) is 16.7. The monoisotopic (exact) mass is 442 g/mol. The van der Waals surface area contributed by atoms with Gasteiger partial charge in [-0.05, 0) is 38.5 Å². The van der Waals surface area contributed by atoms with E-state index in [0.29, 0.717) is 33.7 Å². The van der Waals surface area contributed by atoms with Crippen LogP contribution in [-0.2, 0) is 6.54 Å². The third-order valence-electron chi connectivity index (χ3n) is 4.80. The molecule has 0 saturated heterocycles. The molecule has 0 spiro atoms. The van der Waals surface area contributed by atoms with E-state index in [2.05, 4.69) is 20.5 Å². The molecule has 0 aliphatic heterocycles. The summed E-state index contributed by atoms with van der Waals surface area (Å²) in [5, 5.41) is 13.3. The maximum atomic E-state index is 13.0. The van der Waals surface area contributed by atoms with E-state index in [9.17, 15) is 4.79 Å². The Hall–Kier alpha value is -2.90. The van der Waals surface area contributed by atoms with Crippen molar-refractivity contribution in [3.8, 4) is 0 Å². The lowest BCUT2D eigenvalue weighted by Gasteiger charge is -2.12. The number of carbonyl (C=O) groups excluding carboxylic acids is 1. The van der Waals surface area contributed by atoms with Crippen molar-refractivity contribution in [1.29, 1.82) is 0 Å². The molecular weight excluding hydrogens is 423 g/mol. The van der Waals surface area contributed by atoms with Crippen LogP contribution in [0.3, 0.4) is 0 Å². The Morgan fingerprint density at radius 2 is 2.00 bits per heavy atom. The molecule has 7 nitrogen and oxygen atoms in total. The summed E-state index contributed by atoms with van der Waals surface area (Å²) < 4.78 is 3.50. The van der Waals surface area contributed by atoms with Crippen LogP contribution in [0.4, 0.5) is 5.82 Å². The van der Waals surface area contributed by atoms with Gasteiger partial charge in [-0.3, -0.25) is 4.79 Å². The number of rotatable bonds is 5. The lowest BCUT2D eigenvalue weighted by Crippen LogP contribution is -2.18. The summed E-state index contributed by atoms with van der Waals surface area (Å²) in [4.78, 5) is 17.6. The minimum atomic E-state index is -0.266. The van der Waals surface area contributed by atoms with Crippen molar-refractivity contribution < 1.29 is 4.79 Å². The molecule has 9 heteroatoms. The van der Waals surface area contributed by atoms with Crippen molar-refractivity contribution in [2.24, 2.45) is 0 Å². The largest absolute Gasteiger partial charge is 0.307 e. The molecular formula is C21H20Cl2N6O. The number of pyridine rings is 1. The van der Waals surface area contributed by atoms with Gasteiger partial charge in [0.15, 0.2) is 5.65 Å². The van der Waals surface area contributed by atoms with Crippen molar-refractivity contribution in [2.45, 2.75) is 33.4 Å². The van der Waals surface area contributed by atoms with Crippen LogP contribution < -0.4 is 5.32 Å². The third-order valence-corrected chi connectivity index (χ3v) is 5.66. The Bertz CT molecular complexity index is 1240. The van der Waals surface area contributed by atoms with E-state index >= 15 is 0 Å². The number of nitrogens with zero attached hydrogens (tertiary/aromatic N) is 5. The van der Waals surface area contributed by atoms with Gasteiger partial charge in [0.2, 0.25) is 0 Å². The van der Waals surface area contributed by atoms with Gasteiger partial charge in [-0.2, -0.15) is 10.2 Å². The topological polar surface area (TPSA) is 77.6 Å². The molecule has 0 bridgehead atoms. The molecule has 4 aromatic rings. The van der Waals surface area contributed by atoms with Gasteiger partial charge in [-0.25, -0.2) is 14.3 Å². The predicted octanol–water partition coefficient (Wildman–Crippen LogP) is 5.12. The molecule has 0 saturated carbocycles. The van der Waals surface area contributed by atoms with E-state index in [0.717, 1.165) is 16.6 Å². The summed E-state index contributed by atoms with van der Waals surface area (Å²) in [6.07, 6.45) is 3.35. The molecule has 30 heavy (non-hydrogen) atoms. The Morgan fingerprint density at radius 1 is 1.20 bits per heavy atom. The number of hydrogen-bond donors (Lipinski definition) is 1. The Balaban J connectivity index is 1.60. The summed E-state index contributed by atoms with van der Waals surface area (Å²) in [6, 6.07) is 9.15. The first-order chi connectivity index (χ1) is 14.3. The summed E-state index contributed by atoms with van der Waals surface area (Å²) in [5.74, 6) is 0.284. The quantitative estimate of drug-likeness (QED) is 0.464. The van der Waals surface area contributed by atoms with Gasteiger partial charge in [0.1, 0.15) is 5.82 Å². The average Bonchev–Trinajstić information content (AvgIpc) is 3.31. The van der Waals surface area contributed by atoms with Crippen molar-refractivity contribution in [3.05, 3.63) is 69.6 Å². The fourth-order valence-corrected chi connectivity index (χ4v) is 3.63. The van der Waals surface area contributed by atoms with Crippen LogP contribution in [0.5, 0.6) is 0 Å². The number of fused-ring (bicyclic) bond motifs is 1. The SMILES string of the molecule is Cc1nc2c(cnn2C(C)C)cc1C(=O)Nc1ccnn1Cc1cccc(Cl)c1Cl. The highest BCUT2D eigenvalue weighted by Crippen LogP contribution is 2.27. The number of benzene rings is 1. The molecule has 1 aromatic carbocycles. The lowest BCUT2D eigenvalue weighted by atomic mass is 10.1. The van der Waals surface area contributed by atoms with E-state index in [1.165, 1.54) is 0 Å². The average molecular weight is 443 g/mol. The van der Waals surface area contributed by atoms with Crippen molar-refractivity contribution in [3.63, 3.8) is 0 Å². The minimum Gasteiger partial charge on any atom is -0.307 e. The molecule has 0 unspecified atom stereocenters. The number of halogens is 2. The number of aromatic nitrogens is 5.